The van der Waals surface area contributed by atoms with Crippen LogP contribution < -0.4 is 10.1 Å². The van der Waals surface area contributed by atoms with Crippen LogP contribution in [-0.2, 0) is 6.42 Å². The van der Waals surface area contributed by atoms with Crippen LogP contribution in [0, 0.1) is 0 Å². The van der Waals surface area contributed by atoms with Gasteiger partial charge < -0.3 is 19.9 Å². The number of piperazine rings is 1. The molecule has 1 saturated heterocycles. The first-order valence-electron chi connectivity index (χ1n) is 6.94. The van der Waals surface area contributed by atoms with E-state index in [0.29, 0.717) is 0 Å². The summed E-state index contributed by atoms with van der Waals surface area (Å²) in [5.74, 6) is 1.02. The molecular weight excluding hydrogens is 238 g/mol. The fourth-order valence-corrected chi connectivity index (χ4v) is 2.80. The third-order valence-electron chi connectivity index (χ3n) is 3.88. The maximum Gasteiger partial charge on any atom is 0.131 e. The van der Waals surface area contributed by atoms with Gasteiger partial charge in [-0.05, 0) is 24.1 Å². The van der Waals surface area contributed by atoms with Crippen LogP contribution in [0.4, 0.5) is 0 Å². The Morgan fingerprint density at radius 1 is 1.21 bits per heavy atom. The lowest BCUT2D eigenvalue weighted by Gasteiger charge is -2.27. The Morgan fingerprint density at radius 3 is 2.84 bits per heavy atom. The van der Waals surface area contributed by atoms with Crippen molar-refractivity contribution in [2.75, 3.05) is 39.8 Å². The highest BCUT2D eigenvalue weighted by atomic mass is 16.5. The first kappa shape index (κ1) is 12.5. The number of H-pyrrole nitrogens is 1. The molecule has 19 heavy (non-hydrogen) atoms. The minimum Gasteiger partial charge on any atom is -0.496 e. The molecule has 0 amide bonds. The van der Waals surface area contributed by atoms with Gasteiger partial charge in [0, 0.05) is 49.8 Å². The van der Waals surface area contributed by atoms with Gasteiger partial charge in [-0.3, -0.25) is 0 Å². The van der Waals surface area contributed by atoms with Crippen LogP contribution in [0.2, 0.25) is 0 Å². The molecule has 2 heterocycles. The van der Waals surface area contributed by atoms with Crippen LogP contribution in [-0.4, -0.2) is 49.7 Å². The number of hydrogen-bond acceptors (Lipinski definition) is 3. The largest absolute Gasteiger partial charge is 0.496 e. The number of nitrogens with one attached hydrogen (secondary N) is 2. The minimum absolute atomic E-state index is 1.02. The normalized spacial score (nSPS) is 16.9. The van der Waals surface area contributed by atoms with Gasteiger partial charge in [-0.2, -0.15) is 0 Å². The van der Waals surface area contributed by atoms with Gasteiger partial charge in [0.25, 0.3) is 0 Å². The van der Waals surface area contributed by atoms with Crippen molar-refractivity contribution in [3.63, 3.8) is 0 Å². The summed E-state index contributed by atoms with van der Waals surface area (Å²) < 4.78 is 5.61. The van der Waals surface area contributed by atoms with E-state index in [2.05, 4.69) is 33.4 Å². The number of nitrogens with zero attached hydrogens (tertiary/aromatic N) is 1. The molecule has 1 aliphatic rings. The average Bonchev–Trinajstić information content (AvgIpc) is 2.94. The number of aromatic amines is 1. The van der Waals surface area contributed by atoms with Crippen LogP contribution in [0.5, 0.6) is 5.75 Å². The highest BCUT2D eigenvalue weighted by Gasteiger charge is 2.12. The first-order valence-corrected chi connectivity index (χ1v) is 6.94. The molecule has 1 aromatic carbocycles. The molecule has 0 atom stereocenters. The SMILES string of the molecule is COc1c(CCN2CCNCC2)ccc2[nH]ccc12. The number of methoxy groups -OCH3 is 1. The van der Waals surface area contributed by atoms with Crippen LogP contribution in [0.15, 0.2) is 24.4 Å². The Hall–Kier alpha value is -1.52. The summed E-state index contributed by atoms with van der Waals surface area (Å²) in [7, 11) is 1.76. The summed E-state index contributed by atoms with van der Waals surface area (Å²) in [4.78, 5) is 5.74. The van der Waals surface area contributed by atoms with E-state index in [9.17, 15) is 0 Å². The van der Waals surface area contributed by atoms with Crippen LogP contribution >= 0.6 is 0 Å². The number of benzene rings is 1. The van der Waals surface area contributed by atoms with Crippen molar-refractivity contribution in [2.24, 2.45) is 0 Å². The van der Waals surface area contributed by atoms with E-state index in [1.165, 1.54) is 10.9 Å². The molecule has 2 N–H and O–H groups in total. The quantitative estimate of drug-likeness (QED) is 0.876. The molecule has 2 aromatic rings. The van der Waals surface area contributed by atoms with E-state index in [1.54, 1.807) is 7.11 Å². The third-order valence-corrected chi connectivity index (χ3v) is 3.88. The summed E-state index contributed by atoms with van der Waals surface area (Å²) in [5, 5.41) is 4.57. The fraction of sp³-hybridized carbons (Fsp3) is 0.467. The zero-order chi connectivity index (χ0) is 13.1. The number of hydrogen-bond donors (Lipinski definition) is 2. The number of ether oxygens (including phenoxy) is 1. The van der Waals surface area contributed by atoms with Crippen molar-refractivity contribution in [2.45, 2.75) is 6.42 Å². The minimum atomic E-state index is 1.02. The summed E-state index contributed by atoms with van der Waals surface area (Å²) >= 11 is 0. The molecule has 0 spiro atoms. The maximum absolute atomic E-state index is 5.61. The van der Waals surface area contributed by atoms with Crippen molar-refractivity contribution in [3.05, 3.63) is 30.0 Å². The third kappa shape index (κ3) is 2.60. The van der Waals surface area contributed by atoms with Crippen molar-refractivity contribution in [1.29, 1.82) is 0 Å². The van der Waals surface area contributed by atoms with Crippen LogP contribution in [0.1, 0.15) is 5.56 Å². The molecule has 0 bridgehead atoms. The van der Waals surface area contributed by atoms with Gasteiger partial charge >= 0.3 is 0 Å². The summed E-state index contributed by atoms with van der Waals surface area (Å²) in [6.07, 6.45) is 3.01. The first-order chi connectivity index (χ1) is 9.38. The van der Waals surface area contributed by atoms with Crippen molar-refractivity contribution in [1.82, 2.24) is 15.2 Å². The van der Waals surface area contributed by atoms with E-state index in [0.717, 1.165) is 50.4 Å². The second-order valence-corrected chi connectivity index (χ2v) is 5.04. The van der Waals surface area contributed by atoms with Crippen LogP contribution in [0.25, 0.3) is 10.9 Å². The fourth-order valence-electron chi connectivity index (χ4n) is 2.80. The number of rotatable bonds is 4. The highest BCUT2D eigenvalue weighted by molar-refractivity contribution is 5.87. The zero-order valence-corrected chi connectivity index (χ0v) is 11.4. The lowest BCUT2D eigenvalue weighted by Crippen LogP contribution is -2.44. The van der Waals surface area contributed by atoms with Gasteiger partial charge in [0.2, 0.25) is 0 Å². The number of aromatic nitrogens is 1. The standard InChI is InChI=1S/C15H21N3O/c1-19-15-12(2-3-14-13(15)4-6-17-14)5-9-18-10-7-16-8-11-18/h2-4,6,16-17H,5,7-11H2,1H3. The monoisotopic (exact) mass is 259 g/mol. The molecule has 1 fully saturated rings. The molecule has 1 aromatic heterocycles. The second kappa shape index (κ2) is 5.63. The summed E-state index contributed by atoms with van der Waals surface area (Å²) in [5.41, 5.74) is 2.44. The Balaban J connectivity index is 1.76. The molecule has 4 heteroatoms. The average molecular weight is 259 g/mol. The van der Waals surface area contributed by atoms with E-state index in [1.807, 2.05) is 6.20 Å². The van der Waals surface area contributed by atoms with Gasteiger partial charge in [0.05, 0.1) is 7.11 Å². The highest BCUT2D eigenvalue weighted by Crippen LogP contribution is 2.29. The van der Waals surface area contributed by atoms with Crippen molar-refractivity contribution < 1.29 is 4.74 Å². The van der Waals surface area contributed by atoms with E-state index in [4.69, 9.17) is 4.74 Å². The Morgan fingerprint density at radius 2 is 2.05 bits per heavy atom. The van der Waals surface area contributed by atoms with Gasteiger partial charge in [0.15, 0.2) is 0 Å². The number of fused-ring (bicyclic) bond motifs is 1. The van der Waals surface area contributed by atoms with E-state index < -0.39 is 0 Å². The summed E-state index contributed by atoms with van der Waals surface area (Å²) in [6.45, 7) is 5.61. The molecule has 102 valence electrons. The zero-order valence-electron chi connectivity index (χ0n) is 11.4. The lowest BCUT2D eigenvalue weighted by molar-refractivity contribution is 0.243. The van der Waals surface area contributed by atoms with Gasteiger partial charge in [0.1, 0.15) is 5.75 Å². The predicted molar refractivity (Wildman–Crippen MR) is 77.9 cm³/mol. The molecule has 4 nitrogen and oxygen atoms in total. The van der Waals surface area contributed by atoms with Crippen molar-refractivity contribution in [3.8, 4) is 5.75 Å². The van der Waals surface area contributed by atoms with Crippen LogP contribution in [0.3, 0.4) is 0 Å². The molecule has 0 unspecified atom stereocenters. The van der Waals surface area contributed by atoms with E-state index >= 15 is 0 Å². The van der Waals surface area contributed by atoms with Gasteiger partial charge in [-0.25, -0.2) is 0 Å². The maximum atomic E-state index is 5.61. The Bertz CT molecular complexity index is 543. The molecule has 3 rings (SSSR count). The van der Waals surface area contributed by atoms with E-state index in [-0.39, 0.29) is 0 Å². The molecule has 0 aliphatic carbocycles. The van der Waals surface area contributed by atoms with Gasteiger partial charge in [-0.15, -0.1) is 0 Å². The lowest BCUT2D eigenvalue weighted by atomic mass is 10.1. The molecular formula is C15H21N3O. The Labute approximate surface area is 113 Å². The smallest absolute Gasteiger partial charge is 0.131 e. The van der Waals surface area contributed by atoms with Crippen molar-refractivity contribution >= 4 is 10.9 Å². The summed E-state index contributed by atoms with van der Waals surface area (Å²) in [6, 6.07) is 6.41. The predicted octanol–water partition coefficient (Wildman–Crippen LogP) is 1.62. The topological polar surface area (TPSA) is 40.3 Å². The second-order valence-electron chi connectivity index (χ2n) is 5.04. The molecule has 0 saturated carbocycles. The van der Waals surface area contributed by atoms with Gasteiger partial charge in [-0.1, -0.05) is 6.07 Å². The molecule has 1 aliphatic heterocycles. The Kier molecular flexibility index (Phi) is 3.71. The molecule has 0 radical (unpaired) electrons.